The van der Waals surface area contributed by atoms with Crippen LogP contribution in [0.1, 0.15) is 27.2 Å². The summed E-state index contributed by atoms with van der Waals surface area (Å²) in [6.07, 6.45) is 0.657. The molecule has 0 aromatic carbocycles. The Labute approximate surface area is 91.2 Å². The summed E-state index contributed by atoms with van der Waals surface area (Å²) in [7, 11) is -1.97. The topological polar surface area (TPSA) is 72.5 Å². The monoisotopic (exact) mass is 237 g/mol. The first kappa shape index (κ1) is 14.4. The fraction of sp³-hybridized carbons (Fsp3) is 0.889. The Kier molecular flexibility index (Phi) is 5.23. The Morgan fingerprint density at radius 3 is 2.33 bits per heavy atom. The van der Waals surface area contributed by atoms with E-state index in [9.17, 15) is 13.2 Å². The highest BCUT2D eigenvalue weighted by Crippen LogP contribution is 2.21. The molecule has 0 aromatic heterocycles. The fourth-order valence-corrected chi connectivity index (χ4v) is 1.19. The normalized spacial score (nSPS) is 12.5. The van der Waals surface area contributed by atoms with Crippen LogP contribution in [0.2, 0.25) is 0 Å². The van der Waals surface area contributed by atoms with E-state index in [1.54, 1.807) is 13.8 Å². The van der Waals surface area contributed by atoms with Crippen molar-refractivity contribution in [2.24, 2.45) is 5.41 Å². The molecule has 0 heterocycles. The number of ether oxygens (including phenoxy) is 1. The van der Waals surface area contributed by atoms with E-state index in [0.29, 0.717) is 6.42 Å². The molecule has 6 heteroatoms. The van der Waals surface area contributed by atoms with Crippen molar-refractivity contribution >= 4 is 16.0 Å². The van der Waals surface area contributed by atoms with Crippen LogP contribution in [-0.4, -0.2) is 33.8 Å². The Balaban J connectivity index is 4.04. The van der Waals surface area contributed by atoms with Gasteiger partial charge in [-0.15, -0.1) is 0 Å². The number of esters is 1. The third-order valence-electron chi connectivity index (χ3n) is 2.33. The SMILES string of the molecule is CCC(C)(C)C(=O)OCCS(=O)(=O)NC. The minimum atomic E-state index is -3.29. The van der Waals surface area contributed by atoms with E-state index in [-0.39, 0.29) is 18.3 Å². The molecule has 0 aliphatic carbocycles. The average Bonchev–Trinajstić information content (AvgIpc) is 2.17. The van der Waals surface area contributed by atoms with Gasteiger partial charge in [-0.2, -0.15) is 0 Å². The molecule has 0 aliphatic heterocycles. The molecular weight excluding hydrogens is 218 g/mol. The predicted molar refractivity (Wildman–Crippen MR) is 57.9 cm³/mol. The summed E-state index contributed by atoms with van der Waals surface area (Å²) < 4.78 is 29.0. The Hall–Kier alpha value is -0.620. The van der Waals surface area contributed by atoms with Gasteiger partial charge in [-0.1, -0.05) is 6.92 Å². The standard InChI is InChI=1S/C9H19NO4S/c1-5-9(2,3)8(11)14-6-7-15(12,13)10-4/h10H,5-7H2,1-4H3. The van der Waals surface area contributed by atoms with Crippen LogP contribution in [0.25, 0.3) is 0 Å². The Bertz CT molecular complexity index is 308. The van der Waals surface area contributed by atoms with Gasteiger partial charge in [0.25, 0.3) is 0 Å². The summed E-state index contributed by atoms with van der Waals surface area (Å²) in [6, 6.07) is 0. The molecule has 0 radical (unpaired) electrons. The summed E-state index contributed by atoms with van der Waals surface area (Å²) in [5.74, 6) is -0.564. The van der Waals surface area contributed by atoms with E-state index in [2.05, 4.69) is 4.72 Å². The lowest BCUT2D eigenvalue weighted by molar-refractivity contribution is -0.153. The first-order valence-corrected chi connectivity index (χ1v) is 6.49. The van der Waals surface area contributed by atoms with Crippen molar-refractivity contribution in [1.82, 2.24) is 4.72 Å². The molecule has 0 amide bonds. The third kappa shape index (κ3) is 5.13. The molecule has 5 nitrogen and oxygen atoms in total. The maximum atomic E-state index is 11.4. The highest BCUT2D eigenvalue weighted by atomic mass is 32.2. The van der Waals surface area contributed by atoms with Crippen LogP contribution in [0, 0.1) is 5.41 Å². The molecule has 0 atom stereocenters. The van der Waals surface area contributed by atoms with Gasteiger partial charge in [-0.05, 0) is 27.3 Å². The van der Waals surface area contributed by atoms with Crippen molar-refractivity contribution in [2.45, 2.75) is 27.2 Å². The highest BCUT2D eigenvalue weighted by molar-refractivity contribution is 7.89. The van der Waals surface area contributed by atoms with Crippen molar-refractivity contribution in [1.29, 1.82) is 0 Å². The van der Waals surface area contributed by atoms with Crippen LogP contribution < -0.4 is 4.72 Å². The summed E-state index contributed by atoms with van der Waals surface area (Å²) in [5, 5.41) is 0. The van der Waals surface area contributed by atoms with Gasteiger partial charge in [0.1, 0.15) is 6.61 Å². The number of carbonyl (C=O) groups excluding carboxylic acids is 1. The molecule has 15 heavy (non-hydrogen) atoms. The lowest BCUT2D eigenvalue weighted by Crippen LogP contribution is -2.30. The quantitative estimate of drug-likeness (QED) is 0.683. The minimum absolute atomic E-state index is 0.106. The van der Waals surface area contributed by atoms with Gasteiger partial charge in [0, 0.05) is 0 Å². The molecular formula is C9H19NO4S. The third-order valence-corrected chi connectivity index (χ3v) is 3.66. The van der Waals surface area contributed by atoms with Gasteiger partial charge in [0.15, 0.2) is 0 Å². The summed E-state index contributed by atoms with van der Waals surface area (Å²) >= 11 is 0. The molecule has 0 saturated heterocycles. The molecule has 0 rings (SSSR count). The number of hydrogen-bond acceptors (Lipinski definition) is 4. The molecule has 0 aromatic rings. The van der Waals surface area contributed by atoms with E-state index in [1.165, 1.54) is 7.05 Å². The van der Waals surface area contributed by atoms with E-state index < -0.39 is 15.4 Å². The number of nitrogens with one attached hydrogen (secondary N) is 1. The second kappa shape index (κ2) is 5.46. The van der Waals surface area contributed by atoms with Crippen LogP contribution in [0.15, 0.2) is 0 Å². The average molecular weight is 237 g/mol. The molecule has 90 valence electrons. The van der Waals surface area contributed by atoms with E-state index in [4.69, 9.17) is 4.74 Å². The van der Waals surface area contributed by atoms with Gasteiger partial charge in [0.05, 0.1) is 11.2 Å². The van der Waals surface area contributed by atoms with Gasteiger partial charge >= 0.3 is 5.97 Å². The first-order chi connectivity index (χ1) is 6.75. The second-order valence-electron chi connectivity index (χ2n) is 3.90. The lowest BCUT2D eigenvalue weighted by Gasteiger charge is -2.20. The predicted octanol–water partition coefficient (Wildman–Crippen LogP) is 0.515. The van der Waals surface area contributed by atoms with Crippen LogP contribution in [0.4, 0.5) is 0 Å². The molecule has 0 aliphatic rings. The van der Waals surface area contributed by atoms with Gasteiger partial charge in [0.2, 0.25) is 10.0 Å². The summed E-state index contributed by atoms with van der Waals surface area (Å²) in [6.45, 7) is 5.31. The Morgan fingerprint density at radius 2 is 1.93 bits per heavy atom. The van der Waals surface area contributed by atoms with Crippen LogP contribution in [0.5, 0.6) is 0 Å². The van der Waals surface area contributed by atoms with Gasteiger partial charge in [-0.3, -0.25) is 4.79 Å². The molecule has 0 saturated carbocycles. The Morgan fingerprint density at radius 1 is 1.40 bits per heavy atom. The zero-order chi connectivity index (χ0) is 12.1. The van der Waals surface area contributed by atoms with E-state index >= 15 is 0 Å². The van der Waals surface area contributed by atoms with Crippen LogP contribution in [0.3, 0.4) is 0 Å². The van der Waals surface area contributed by atoms with E-state index in [0.717, 1.165) is 0 Å². The van der Waals surface area contributed by atoms with E-state index in [1.807, 2.05) is 6.92 Å². The fourth-order valence-electron chi connectivity index (χ4n) is 0.686. The summed E-state index contributed by atoms with van der Waals surface area (Å²) in [4.78, 5) is 11.4. The maximum absolute atomic E-state index is 11.4. The summed E-state index contributed by atoms with van der Waals surface area (Å²) in [5.41, 5.74) is -0.552. The zero-order valence-corrected chi connectivity index (χ0v) is 10.5. The van der Waals surface area contributed by atoms with Crippen molar-refractivity contribution in [3.8, 4) is 0 Å². The molecule has 0 spiro atoms. The number of carbonyl (C=O) groups is 1. The number of sulfonamides is 1. The van der Waals surface area contributed by atoms with Crippen LogP contribution in [-0.2, 0) is 19.6 Å². The lowest BCUT2D eigenvalue weighted by atomic mass is 9.91. The maximum Gasteiger partial charge on any atom is 0.311 e. The molecule has 0 fully saturated rings. The highest BCUT2D eigenvalue weighted by Gasteiger charge is 2.27. The van der Waals surface area contributed by atoms with Crippen molar-refractivity contribution in [2.75, 3.05) is 19.4 Å². The molecule has 0 unspecified atom stereocenters. The smallest absolute Gasteiger partial charge is 0.311 e. The van der Waals surface area contributed by atoms with Gasteiger partial charge in [-0.25, -0.2) is 13.1 Å². The zero-order valence-electron chi connectivity index (χ0n) is 9.66. The first-order valence-electron chi connectivity index (χ1n) is 4.83. The minimum Gasteiger partial charge on any atom is -0.464 e. The van der Waals surface area contributed by atoms with Crippen LogP contribution >= 0.6 is 0 Å². The largest absolute Gasteiger partial charge is 0.464 e. The second-order valence-corrected chi connectivity index (χ2v) is 5.94. The van der Waals surface area contributed by atoms with Crippen molar-refractivity contribution in [3.63, 3.8) is 0 Å². The van der Waals surface area contributed by atoms with Gasteiger partial charge < -0.3 is 4.74 Å². The number of hydrogen-bond donors (Lipinski definition) is 1. The molecule has 0 bridgehead atoms. The van der Waals surface area contributed by atoms with Crippen molar-refractivity contribution in [3.05, 3.63) is 0 Å². The molecule has 1 N–H and O–H groups in total. The van der Waals surface area contributed by atoms with Crippen molar-refractivity contribution < 1.29 is 17.9 Å². The number of rotatable bonds is 6.